The number of anilines is 1. The van der Waals surface area contributed by atoms with Crippen LogP contribution in [-0.4, -0.2) is 43.2 Å². The van der Waals surface area contributed by atoms with Crippen LogP contribution in [0, 0.1) is 5.82 Å². The van der Waals surface area contributed by atoms with Crippen LogP contribution in [-0.2, 0) is 14.3 Å². The molecule has 8 nitrogen and oxygen atoms in total. The van der Waals surface area contributed by atoms with Gasteiger partial charge in [-0.3, -0.25) is 4.79 Å². The Morgan fingerprint density at radius 3 is 2.46 bits per heavy atom. The van der Waals surface area contributed by atoms with Crippen molar-refractivity contribution >= 4 is 23.3 Å². The molecule has 178 valence electrons. The van der Waals surface area contributed by atoms with Crippen molar-refractivity contribution in [3.05, 3.63) is 66.7 Å². The third kappa shape index (κ3) is 4.29. The molecule has 1 aliphatic rings. The van der Waals surface area contributed by atoms with Crippen molar-refractivity contribution in [1.82, 2.24) is 19.6 Å². The third-order valence-corrected chi connectivity index (χ3v) is 5.42. The molecule has 12 heteroatoms. The summed E-state index contributed by atoms with van der Waals surface area (Å²) in [5.41, 5.74) is 0.789. The lowest BCUT2D eigenvalue weighted by Gasteiger charge is -2.17. The van der Waals surface area contributed by atoms with Crippen molar-refractivity contribution < 1.29 is 31.9 Å². The Morgan fingerprint density at radius 1 is 1.03 bits per heavy atom. The molecular weight excluding hydrogens is 470 g/mol. The summed E-state index contributed by atoms with van der Waals surface area (Å²) in [5.74, 6) is -3.72. The summed E-state index contributed by atoms with van der Waals surface area (Å²) in [7, 11) is 0. The predicted octanol–water partition coefficient (Wildman–Crippen LogP) is 4.17. The summed E-state index contributed by atoms with van der Waals surface area (Å²) in [4.78, 5) is 32.5. The monoisotopic (exact) mass is 485 g/mol. The Hall–Kier alpha value is -4.35. The molecule has 0 spiro atoms. The number of nitrogens with one attached hydrogen (secondary N) is 1. The molecule has 0 saturated heterocycles. The predicted molar refractivity (Wildman–Crippen MR) is 114 cm³/mol. The largest absolute Gasteiger partial charge is 0.490 e. The van der Waals surface area contributed by atoms with Crippen LogP contribution in [0.1, 0.15) is 12.8 Å². The molecule has 0 atom stereocenters. The van der Waals surface area contributed by atoms with Crippen molar-refractivity contribution in [2.75, 3.05) is 5.32 Å². The van der Waals surface area contributed by atoms with Crippen LogP contribution in [0.2, 0.25) is 0 Å². The first kappa shape index (κ1) is 22.4. The van der Waals surface area contributed by atoms with Gasteiger partial charge in [0.05, 0.1) is 5.69 Å². The molecule has 3 aromatic heterocycles. The van der Waals surface area contributed by atoms with Crippen LogP contribution in [0.25, 0.3) is 28.2 Å². The molecule has 5 rings (SSSR count). The Morgan fingerprint density at radius 2 is 1.77 bits per heavy atom. The number of carbonyl (C=O) groups excluding carboxylic acids is 2. The van der Waals surface area contributed by atoms with Gasteiger partial charge in [0.25, 0.3) is 5.91 Å². The lowest BCUT2D eigenvalue weighted by molar-refractivity contribution is -0.206. The van der Waals surface area contributed by atoms with Crippen molar-refractivity contribution in [3.8, 4) is 22.5 Å². The number of hydrogen-bond donors (Lipinski definition) is 1. The fourth-order valence-corrected chi connectivity index (χ4v) is 3.56. The number of nitrogens with zero attached hydrogens (tertiary/aromatic N) is 4. The number of amides is 1. The van der Waals surface area contributed by atoms with Gasteiger partial charge in [-0.15, -0.1) is 0 Å². The third-order valence-electron chi connectivity index (χ3n) is 5.42. The first-order chi connectivity index (χ1) is 16.7. The minimum Gasteiger partial charge on any atom is -0.442 e. The molecule has 3 heterocycles. The van der Waals surface area contributed by atoms with E-state index >= 15 is 0 Å². The Labute approximate surface area is 194 Å². The van der Waals surface area contributed by atoms with Gasteiger partial charge in [-0.2, -0.15) is 18.3 Å². The Kier molecular flexibility index (Phi) is 5.23. The Balaban J connectivity index is 1.48. The van der Waals surface area contributed by atoms with Crippen LogP contribution in [0.15, 0.2) is 60.9 Å². The van der Waals surface area contributed by atoms with E-state index in [1.54, 1.807) is 41.0 Å². The van der Waals surface area contributed by atoms with Crippen molar-refractivity contribution in [1.29, 1.82) is 0 Å². The van der Waals surface area contributed by atoms with Gasteiger partial charge in [0.15, 0.2) is 11.2 Å². The summed E-state index contributed by atoms with van der Waals surface area (Å²) in [6.07, 6.45) is -2.33. The summed E-state index contributed by atoms with van der Waals surface area (Å²) in [6.45, 7) is 0. The van der Waals surface area contributed by atoms with Crippen LogP contribution >= 0.6 is 0 Å². The number of halogens is 4. The molecule has 1 saturated carbocycles. The minimum absolute atomic E-state index is 0.0257. The van der Waals surface area contributed by atoms with Crippen LogP contribution < -0.4 is 5.32 Å². The van der Waals surface area contributed by atoms with E-state index in [4.69, 9.17) is 0 Å². The van der Waals surface area contributed by atoms with E-state index in [-0.39, 0.29) is 18.7 Å². The maximum atomic E-state index is 13.5. The molecule has 0 bridgehead atoms. The highest BCUT2D eigenvalue weighted by atomic mass is 19.4. The molecule has 1 fully saturated rings. The molecule has 0 radical (unpaired) electrons. The first-order valence-electron chi connectivity index (χ1n) is 10.3. The summed E-state index contributed by atoms with van der Waals surface area (Å²) in [6, 6.07) is 12.3. The van der Waals surface area contributed by atoms with Gasteiger partial charge in [0, 0.05) is 36.4 Å². The molecule has 0 unspecified atom stereocenters. The number of pyridine rings is 1. The van der Waals surface area contributed by atoms with Crippen LogP contribution in [0.5, 0.6) is 0 Å². The number of benzene rings is 1. The van der Waals surface area contributed by atoms with E-state index in [0.717, 1.165) is 0 Å². The van der Waals surface area contributed by atoms with Gasteiger partial charge in [-0.05, 0) is 48.5 Å². The van der Waals surface area contributed by atoms with Gasteiger partial charge in [0.2, 0.25) is 0 Å². The topological polar surface area (TPSA) is 98.5 Å². The first-order valence-corrected chi connectivity index (χ1v) is 10.3. The van der Waals surface area contributed by atoms with E-state index in [0.29, 0.717) is 28.2 Å². The number of alkyl halides is 3. The maximum absolute atomic E-state index is 13.5. The number of hydrogen-bond acceptors (Lipinski definition) is 6. The van der Waals surface area contributed by atoms with E-state index in [9.17, 15) is 27.2 Å². The molecule has 1 aliphatic carbocycles. The highest BCUT2D eigenvalue weighted by Gasteiger charge is 2.58. The number of aromatic nitrogens is 4. The highest BCUT2D eigenvalue weighted by Crippen LogP contribution is 2.42. The number of ether oxygens (including phenoxy) is 1. The van der Waals surface area contributed by atoms with Crippen molar-refractivity contribution in [2.45, 2.75) is 24.6 Å². The number of esters is 1. The van der Waals surface area contributed by atoms with Gasteiger partial charge in [-0.25, -0.2) is 23.7 Å². The standard InChI is InChI=1S/C23H15F4N5O3/c24-15-5-3-13(4-6-15)18-19(32-17(31-18)2-1-10-29-32)14-7-11-28-16(12-14)30-20(33)22(8-9-22)35-21(34)23(25,26)27/h1-7,10-12H,8-9H2,(H,28,30,33). The maximum Gasteiger partial charge on any atom is 0.490 e. The average Bonchev–Trinajstić information content (AvgIpc) is 3.50. The molecule has 0 aliphatic heterocycles. The zero-order chi connectivity index (χ0) is 24.8. The highest BCUT2D eigenvalue weighted by molar-refractivity contribution is 6.00. The van der Waals surface area contributed by atoms with Gasteiger partial charge in [0.1, 0.15) is 17.3 Å². The van der Waals surface area contributed by atoms with Crippen molar-refractivity contribution in [3.63, 3.8) is 0 Å². The molecule has 35 heavy (non-hydrogen) atoms. The second-order valence-corrected chi connectivity index (χ2v) is 7.88. The number of carbonyl (C=O) groups is 2. The Bertz CT molecular complexity index is 1450. The average molecular weight is 485 g/mol. The van der Waals surface area contributed by atoms with Crippen molar-refractivity contribution in [2.24, 2.45) is 0 Å². The van der Waals surface area contributed by atoms with E-state index < -0.39 is 29.5 Å². The summed E-state index contributed by atoms with van der Waals surface area (Å²) < 4.78 is 57.2. The van der Waals surface area contributed by atoms with Gasteiger partial charge in [-0.1, -0.05) is 0 Å². The fourth-order valence-electron chi connectivity index (χ4n) is 3.56. The molecule has 1 aromatic carbocycles. The second kappa shape index (κ2) is 8.15. The van der Waals surface area contributed by atoms with Gasteiger partial charge >= 0.3 is 12.1 Å². The number of imidazole rings is 1. The lowest BCUT2D eigenvalue weighted by Crippen LogP contribution is -2.39. The number of fused-ring (bicyclic) bond motifs is 1. The SMILES string of the molecule is O=C(OC1(C(=O)Nc2cc(-c3c(-c4ccc(F)cc4)nc4cccnn34)ccn2)CC1)C(F)(F)F. The van der Waals surface area contributed by atoms with E-state index in [2.05, 4.69) is 25.1 Å². The summed E-state index contributed by atoms with van der Waals surface area (Å²) in [5, 5.41) is 6.75. The zero-order valence-electron chi connectivity index (χ0n) is 17.7. The van der Waals surface area contributed by atoms with E-state index in [1.165, 1.54) is 24.4 Å². The minimum atomic E-state index is -5.21. The second-order valence-electron chi connectivity index (χ2n) is 7.88. The number of rotatable bonds is 5. The smallest absolute Gasteiger partial charge is 0.442 e. The molecule has 4 aromatic rings. The summed E-state index contributed by atoms with van der Waals surface area (Å²) >= 11 is 0. The van der Waals surface area contributed by atoms with Crippen LogP contribution in [0.4, 0.5) is 23.4 Å². The normalized spacial score (nSPS) is 14.5. The van der Waals surface area contributed by atoms with Crippen LogP contribution in [0.3, 0.4) is 0 Å². The fraction of sp³-hybridized carbons (Fsp3) is 0.174. The molecule has 1 amide bonds. The quantitative estimate of drug-likeness (QED) is 0.337. The van der Waals surface area contributed by atoms with E-state index in [1.807, 2.05) is 0 Å². The zero-order valence-corrected chi connectivity index (χ0v) is 17.7. The lowest BCUT2D eigenvalue weighted by atomic mass is 10.1. The molecular formula is C23H15F4N5O3. The molecule has 1 N–H and O–H groups in total. The van der Waals surface area contributed by atoms with Gasteiger partial charge < -0.3 is 10.1 Å².